The molecule has 1 atom stereocenters. The molecule has 1 unspecified atom stereocenters. The van der Waals surface area contributed by atoms with Crippen molar-refractivity contribution in [2.24, 2.45) is 5.92 Å². The van der Waals surface area contributed by atoms with Crippen LogP contribution in [-0.4, -0.2) is 3.81 Å². The second kappa shape index (κ2) is 7.94. The predicted octanol–water partition coefficient (Wildman–Crippen LogP) is -1.07. The first-order chi connectivity index (χ1) is 8.41. The van der Waals surface area contributed by atoms with Gasteiger partial charge >= 0.3 is 118 Å². The number of hydrogen-bond acceptors (Lipinski definition) is 0. The van der Waals surface area contributed by atoms with Gasteiger partial charge in [0.1, 0.15) is 0 Å². The maximum atomic E-state index is 2.49. The molecule has 0 nitrogen and oxygen atoms in total. The molecule has 0 fully saturated rings. The fraction of sp³-hybridized carbons (Fsp3) is 0.471. The van der Waals surface area contributed by atoms with Crippen molar-refractivity contribution >= 4 is 3.81 Å². The third-order valence-corrected chi connectivity index (χ3v) is 9.36. The Morgan fingerprint density at radius 3 is 2.05 bits per heavy atom. The van der Waals surface area contributed by atoms with Crippen LogP contribution in [0.1, 0.15) is 48.0 Å². The zero-order valence-corrected chi connectivity index (χ0v) is 16.3. The molecule has 0 amide bonds. The molecule has 2 rings (SSSR count). The van der Waals surface area contributed by atoms with E-state index in [4.69, 9.17) is 0 Å². The smallest absolute Gasteiger partial charge is 1.00 e. The minimum absolute atomic E-state index is 0. The van der Waals surface area contributed by atoms with E-state index >= 15 is 0 Å². The van der Waals surface area contributed by atoms with Crippen LogP contribution >= 0.6 is 0 Å². The molecule has 0 aromatic carbocycles. The fourth-order valence-electron chi connectivity index (χ4n) is 3.04. The van der Waals surface area contributed by atoms with Crippen LogP contribution in [0.2, 0.25) is 0 Å². The third kappa shape index (κ3) is 3.86. The summed E-state index contributed by atoms with van der Waals surface area (Å²) >= 11 is -1.37. The molecule has 110 valence electrons. The van der Waals surface area contributed by atoms with Crippen LogP contribution in [0.5, 0.6) is 0 Å². The summed E-state index contributed by atoms with van der Waals surface area (Å²) in [5.41, 5.74) is 4.63. The van der Waals surface area contributed by atoms with Gasteiger partial charge in [-0.25, -0.2) is 0 Å². The number of hydrogen-bond donors (Lipinski definition) is 0. The van der Waals surface area contributed by atoms with E-state index in [1.807, 2.05) is 0 Å². The van der Waals surface area contributed by atoms with Gasteiger partial charge in [0, 0.05) is 0 Å². The normalized spacial score (nSPS) is 20.2. The Hall–Kier alpha value is 0.124. The molecule has 2 aliphatic rings. The van der Waals surface area contributed by atoms with Crippen molar-refractivity contribution < 1.29 is 42.2 Å². The van der Waals surface area contributed by atoms with Crippen molar-refractivity contribution in [2.45, 2.75) is 48.0 Å². The quantitative estimate of drug-likeness (QED) is 0.558. The standard InChI is InChI=1S/2C7H9.C3H6.2ClH.Ti/c1-6-3-4-7(2)5-6;1-6-4-3-5-7(6)2;1-3-2;;;/h3-4,6H,1-2H3;4H,5H2,1-2H3;1-2H3;2*1H;/q;;;;;+2/p-2. The summed E-state index contributed by atoms with van der Waals surface area (Å²) in [4.78, 5) is 0. The fourth-order valence-corrected chi connectivity index (χ4v) is 8.29. The van der Waals surface area contributed by atoms with Crippen molar-refractivity contribution in [3.05, 3.63) is 42.7 Å². The topological polar surface area (TPSA) is 0 Å². The molecular formula is C17H24Cl2Ti. The van der Waals surface area contributed by atoms with E-state index in [0.717, 1.165) is 0 Å². The van der Waals surface area contributed by atoms with Crippen LogP contribution in [-0.2, 0) is 17.4 Å². The van der Waals surface area contributed by atoms with E-state index < -0.39 is 17.4 Å². The van der Waals surface area contributed by atoms with E-state index in [1.54, 1.807) is 22.7 Å². The van der Waals surface area contributed by atoms with Gasteiger partial charge in [-0.15, -0.1) is 0 Å². The summed E-state index contributed by atoms with van der Waals surface area (Å²) in [5, 5.41) is 0. The van der Waals surface area contributed by atoms with Gasteiger partial charge < -0.3 is 24.8 Å². The molecule has 2 aliphatic carbocycles. The Bertz CT molecular complexity index is 541. The van der Waals surface area contributed by atoms with Crippen LogP contribution in [0.4, 0.5) is 0 Å². The van der Waals surface area contributed by atoms with Gasteiger partial charge in [-0.05, 0) is 0 Å². The Morgan fingerprint density at radius 2 is 1.70 bits per heavy atom. The zero-order valence-electron chi connectivity index (χ0n) is 13.3. The van der Waals surface area contributed by atoms with Crippen LogP contribution in [0.25, 0.3) is 0 Å². The van der Waals surface area contributed by atoms with Gasteiger partial charge in [0.05, 0.1) is 0 Å². The van der Waals surface area contributed by atoms with Crippen molar-refractivity contribution in [3.8, 4) is 0 Å². The van der Waals surface area contributed by atoms with E-state index in [1.165, 1.54) is 12.0 Å². The van der Waals surface area contributed by atoms with E-state index in [9.17, 15) is 0 Å². The third-order valence-electron chi connectivity index (χ3n) is 4.13. The Morgan fingerprint density at radius 1 is 1.10 bits per heavy atom. The van der Waals surface area contributed by atoms with Crippen molar-refractivity contribution in [1.82, 2.24) is 0 Å². The van der Waals surface area contributed by atoms with Gasteiger partial charge in [0.25, 0.3) is 0 Å². The minimum atomic E-state index is -1.37. The number of allylic oxidation sites excluding steroid dienone is 8. The van der Waals surface area contributed by atoms with Gasteiger partial charge in [-0.3, -0.25) is 0 Å². The van der Waals surface area contributed by atoms with E-state index in [2.05, 4.69) is 59.8 Å². The molecule has 0 aromatic rings. The Labute approximate surface area is 142 Å². The van der Waals surface area contributed by atoms with Crippen molar-refractivity contribution in [1.29, 1.82) is 0 Å². The number of rotatable bonds is 2. The SMILES string of the molecule is CC1=C(C)C[C]([Ti+2]([C]2=C(C)C=CC2C)=[C](C)C)=C1.[Cl-].[Cl-]. The summed E-state index contributed by atoms with van der Waals surface area (Å²) in [5.74, 6) is 0.664. The minimum Gasteiger partial charge on any atom is -1.00 e. The first-order valence-corrected chi connectivity index (χ1v) is 9.20. The van der Waals surface area contributed by atoms with Crippen LogP contribution < -0.4 is 24.8 Å². The monoisotopic (exact) mass is 346 g/mol. The molecule has 0 aliphatic heterocycles. The summed E-state index contributed by atoms with van der Waals surface area (Å²) in [6.07, 6.45) is 8.43. The molecule has 0 N–H and O–H groups in total. The summed E-state index contributed by atoms with van der Waals surface area (Å²) in [6, 6.07) is 0. The van der Waals surface area contributed by atoms with Crippen LogP contribution in [0.3, 0.4) is 0 Å². The Kier molecular flexibility index (Phi) is 7.99. The van der Waals surface area contributed by atoms with Gasteiger partial charge in [-0.1, -0.05) is 0 Å². The number of halogens is 2. The second-order valence-corrected chi connectivity index (χ2v) is 10.5. The molecule has 20 heavy (non-hydrogen) atoms. The largest absolute Gasteiger partial charge is 1.00 e. The average molecular weight is 347 g/mol. The summed E-state index contributed by atoms with van der Waals surface area (Å²) < 4.78 is 5.23. The van der Waals surface area contributed by atoms with Crippen molar-refractivity contribution in [2.75, 3.05) is 0 Å². The van der Waals surface area contributed by atoms with Crippen LogP contribution in [0, 0.1) is 5.92 Å². The first-order valence-electron chi connectivity index (χ1n) is 6.86. The summed E-state index contributed by atoms with van der Waals surface area (Å²) in [6.45, 7) is 13.9. The second-order valence-electron chi connectivity index (χ2n) is 5.93. The van der Waals surface area contributed by atoms with Gasteiger partial charge in [0.2, 0.25) is 0 Å². The molecule has 0 heterocycles. The van der Waals surface area contributed by atoms with E-state index in [-0.39, 0.29) is 24.8 Å². The molecule has 0 spiro atoms. The van der Waals surface area contributed by atoms with Crippen molar-refractivity contribution in [3.63, 3.8) is 0 Å². The van der Waals surface area contributed by atoms with E-state index in [0.29, 0.717) is 5.92 Å². The molecule has 0 saturated carbocycles. The molecule has 0 aromatic heterocycles. The molecular weight excluding hydrogens is 323 g/mol. The average Bonchev–Trinajstić information content (AvgIpc) is 2.76. The molecule has 0 bridgehead atoms. The van der Waals surface area contributed by atoms with Crippen LogP contribution in [0.15, 0.2) is 42.7 Å². The van der Waals surface area contributed by atoms with Gasteiger partial charge in [-0.2, -0.15) is 0 Å². The Balaban J connectivity index is 0.00000180. The summed E-state index contributed by atoms with van der Waals surface area (Å²) in [7, 11) is 0. The molecule has 0 radical (unpaired) electrons. The van der Waals surface area contributed by atoms with Gasteiger partial charge in [0.15, 0.2) is 0 Å². The maximum absolute atomic E-state index is 2.49. The predicted molar refractivity (Wildman–Crippen MR) is 78.4 cm³/mol. The molecule has 3 heteroatoms. The maximum Gasteiger partial charge on any atom is -1.00 e. The first kappa shape index (κ1) is 20.1. The zero-order chi connectivity index (χ0) is 13.4. The molecule has 0 saturated heterocycles.